The lowest BCUT2D eigenvalue weighted by molar-refractivity contribution is 0.580. The topological polar surface area (TPSA) is 15.3 Å². The molecule has 68 valence electrons. The largest absolute Gasteiger partial charge is 0.366 e. The zero-order valence-corrected chi connectivity index (χ0v) is 7.61. The van der Waals surface area contributed by atoms with E-state index in [-0.39, 0.29) is 0 Å². The second-order valence-electron chi connectivity index (χ2n) is 3.98. The zero-order chi connectivity index (χ0) is 8.67. The second-order valence-corrected chi connectivity index (χ2v) is 3.98. The van der Waals surface area contributed by atoms with Crippen molar-refractivity contribution < 1.29 is 0 Å². The molecule has 0 radical (unpaired) electrons. The van der Waals surface area contributed by atoms with Crippen LogP contribution in [0.15, 0.2) is 30.3 Å². The van der Waals surface area contributed by atoms with E-state index < -0.39 is 0 Å². The first-order valence-corrected chi connectivity index (χ1v) is 4.98. The van der Waals surface area contributed by atoms with Crippen molar-refractivity contribution in [2.45, 2.75) is 18.5 Å². The van der Waals surface area contributed by atoms with Crippen LogP contribution in [0.5, 0.6) is 0 Å². The van der Waals surface area contributed by atoms with Crippen LogP contribution in [0.4, 0.5) is 5.69 Å². The molecule has 0 unspecified atom stereocenters. The van der Waals surface area contributed by atoms with Crippen molar-refractivity contribution in [3.05, 3.63) is 30.3 Å². The lowest BCUT2D eigenvalue weighted by atomic mass is 10.2. The van der Waals surface area contributed by atoms with Crippen molar-refractivity contribution in [1.29, 1.82) is 0 Å². The van der Waals surface area contributed by atoms with Crippen molar-refractivity contribution in [2.24, 2.45) is 0 Å². The Morgan fingerprint density at radius 3 is 2.69 bits per heavy atom. The first-order valence-electron chi connectivity index (χ1n) is 4.98. The van der Waals surface area contributed by atoms with Gasteiger partial charge in [0.1, 0.15) is 0 Å². The molecule has 0 saturated carbocycles. The fraction of sp³-hybridized carbons (Fsp3) is 0.455. The Kier molecular flexibility index (Phi) is 1.56. The number of hydrogen-bond donors (Lipinski definition) is 1. The predicted molar refractivity (Wildman–Crippen MR) is 54.0 cm³/mol. The van der Waals surface area contributed by atoms with Gasteiger partial charge in [-0.05, 0) is 18.6 Å². The van der Waals surface area contributed by atoms with E-state index in [1.807, 2.05) is 0 Å². The van der Waals surface area contributed by atoms with E-state index in [4.69, 9.17) is 0 Å². The van der Waals surface area contributed by atoms with Gasteiger partial charge in [-0.25, -0.2) is 0 Å². The first kappa shape index (κ1) is 7.39. The SMILES string of the molecule is c1ccc(N2C[C@@H]3C[C@@H]2CN3)cc1. The Balaban J connectivity index is 1.87. The minimum atomic E-state index is 0.741. The van der Waals surface area contributed by atoms with E-state index in [1.54, 1.807) is 0 Å². The number of nitrogens with one attached hydrogen (secondary N) is 1. The summed E-state index contributed by atoms with van der Waals surface area (Å²) >= 11 is 0. The molecule has 2 saturated heterocycles. The lowest BCUT2D eigenvalue weighted by Gasteiger charge is -2.29. The van der Waals surface area contributed by atoms with Gasteiger partial charge in [-0.2, -0.15) is 0 Å². The van der Waals surface area contributed by atoms with Gasteiger partial charge in [0, 0.05) is 30.9 Å². The molecule has 2 nitrogen and oxygen atoms in total. The van der Waals surface area contributed by atoms with E-state index in [0.717, 1.165) is 12.1 Å². The molecular weight excluding hydrogens is 160 g/mol. The highest BCUT2D eigenvalue weighted by molar-refractivity contribution is 5.49. The molecule has 0 aromatic heterocycles. The molecule has 2 heterocycles. The Hall–Kier alpha value is -1.02. The third kappa shape index (κ3) is 1.13. The fourth-order valence-corrected chi connectivity index (χ4v) is 2.50. The molecule has 2 atom stereocenters. The molecule has 2 fully saturated rings. The monoisotopic (exact) mass is 174 g/mol. The van der Waals surface area contributed by atoms with Gasteiger partial charge in [0.05, 0.1) is 0 Å². The highest BCUT2D eigenvalue weighted by Gasteiger charge is 2.37. The standard InChI is InChI=1S/C11H14N2/c1-2-4-10(5-3-1)13-8-9-6-11(13)7-12-9/h1-5,9,11-12H,6-8H2/t9-,11+/m0/s1. The van der Waals surface area contributed by atoms with Crippen LogP contribution < -0.4 is 10.2 Å². The Labute approximate surface area is 78.6 Å². The van der Waals surface area contributed by atoms with E-state index in [9.17, 15) is 0 Å². The van der Waals surface area contributed by atoms with Gasteiger partial charge < -0.3 is 10.2 Å². The van der Waals surface area contributed by atoms with Crippen LogP contribution in [0.2, 0.25) is 0 Å². The first-order chi connectivity index (χ1) is 6.43. The van der Waals surface area contributed by atoms with Crippen LogP contribution in [0.1, 0.15) is 6.42 Å². The van der Waals surface area contributed by atoms with Gasteiger partial charge in [0.15, 0.2) is 0 Å². The van der Waals surface area contributed by atoms with Crippen molar-refractivity contribution >= 4 is 5.69 Å². The zero-order valence-electron chi connectivity index (χ0n) is 7.61. The van der Waals surface area contributed by atoms with Crippen LogP contribution in [-0.2, 0) is 0 Å². The summed E-state index contributed by atoms with van der Waals surface area (Å²) < 4.78 is 0. The summed E-state index contributed by atoms with van der Waals surface area (Å²) in [4.78, 5) is 2.53. The van der Waals surface area contributed by atoms with Gasteiger partial charge >= 0.3 is 0 Å². The minimum absolute atomic E-state index is 0.741. The summed E-state index contributed by atoms with van der Waals surface area (Å²) in [5.74, 6) is 0. The van der Waals surface area contributed by atoms with Crippen LogP contribution in [0.3, 0.4) is 0 Å². The third-order valence-corrected chi connectivity index (χ3v) is 3.14. The van der Waals surface area contributed by atoms with E-state index in [1.165, 1.54) is 25.2 Å². The molecule has 1 aromatic rings. The molecule has 2 aliphatic rings. The van der Waals surface area contributed by atoms with E-state index in [2.05, 4.69) is 40.5 Å². The average molecular weight is 174 g/mol. The fourth-order valence-electron chi connectivity index (χ4n) is 2.50. The van der Waals surface area contributed by atoms with Gasteiger partial charge in [-0.1, -0.05) is 18.2 Å². The summed E-state index contributed by atoms with van der Waals surface area (Å²) in [6.45, 7) is 2.36. The van der Waals surface area contributed by atoms with Crippen molar-refractivity contribution in [2.75, 3.05) is 18.0 Å². The molecular formula is C11H14N2. The smallest absolute Gasteiger partial charge is 0.0430 e. The molecule has 1 N–H and O–H groups in total. The number of anilines is 1. The Morgan fingerprint density at radius 1 is 1.23 bits per heavy atom. The summed E-state index contributed by atoms with van der Waals surface area (Å²) in [7, 11) is 0. The highest BCUT2D eigenvalue weighted by atomic mass is 15.3. The number of para-hydroxylation sites is 1. The van der Waals surface area contributed by atoms with Gasteiger partial charge in [-0.15, -0.1) is 0 Å². The van der Waals surface area contributed by atoms with Gasteiger partial charge in [0.2, 0.25) is 0 Å². The van der Waals surface area contributed by atoms with Crippen molar-refractivity contribution in [3.63, 3.8) is 0 Å². The number of hydrogen-bond acceptors (Lipinski definition) is 2. The van der Waals surface area contributed by atoms with Crippen LogP contribution >= 0.6 is 0 Å². The Morgan fingerprint density at radius 2 is 2.08 bits per heavy atom. The van der Waals surface area contributed by atoms with Crippen molar-refractivity contribution in [3.8, 4) is 0 Å². The summed E-state index contributed by atoms with van der Waals surface area (Å²) in [6, 6.07) is 12.2. The summed E-state index contributed by atoms with van der Waals surface area (Å²) in [5, 5.41) is 3.51. The summed E-state index contributed by atoms with van der Waals surface area (Å²) in [6.07, 6.45) is 1.33. The molecule has 2 bridgehead atoms. The lowest BCUT2D eigenvalue weighted by Crippen LogP contribution is -2.43. The number of fused-ring (bicyclic) bond motifs is 2. The maximum Gasteiger partial charge on any atom is 0.0430 e. The molecule has 1 aromatic carbocycles. The number of nitrogens with zero attached hydrogens (tertiary/aromatic N) is 1. The minimum Gasteiger partial charge on any atom is -0.366 e. The van der Waals surface area contributed by atoms with E-state index in [0.29, 0.717) is 0 Å². The molecule has 0 spiro atoms. The van der Waals surface area contributed by atoms with Gasteiger partial charge in [0.25, 0.3) is 0 Å². The van der Waals surface area contributed by atoms with Gasteiger partial charge in [-0.3, -0.25) is 0 Å². The molecule has 2 heteroatoms. The second kappa shape index (κ2) is 2.74. The maximum atomic E-state index is 3.51. The van der Waals surface area contributed by atoms with Crippen LogP contribution in [-0.4, -0.2) is 25.2 Å². The third-order valence-electron chi connectivity index (χ3n) is 3.14. The maximum absolute atomic E-state index is 3.51. The van der Waals surface area contributed by atoms with Crippen LogP contribution in [0.25, 0.3) is 0 Å². The normalized spacial score (nSPS) is 31.2. The Bertz CT molecular complexity index is 296. The average Bonchev–Trinajstić information content (AvgIpc) is 2.80. The molecule has 2 aliphatic heterocycles. The molecule has 0 aliphatic carbocycles. The molecule has 0 amide bonds. The molecule has 3 rings (SSSR count). The molecule has 13 heavy (non-hydrogen) atoms. The summed E-state index contributed by atoms with van der Waals surface area (Å²) in [5.41, 5.74) is 1.39. The number of benzene rings is 1. The predicted octanol–water partition coefficient (Wildman–Crippen LogP) is 1.24. The van der Waals surface area contributed by atoms with Crippen molar-refractivity contribution in [1.82, 2.24) is 5.32 Å². The van der Waals surface area contributed by atoms with E-state index >= 15 is 0 Å². The van der Waals surface area contributed by atoms with Crippen LogP contribution in [0, 0.1) is 0 Å². The quantitative estimate of drug-likeness (QED) is 0.689. The highest BCUT2D eigenvalue weighted by Crippen LogP contribution is 2.28. The number of rotatable bonds is 1. The number of piperazine rings is 1.